The first-order chi connectivity index (χ1) is 13.2. The summed E-state index contributed by atoms with van der Waals surface area (Å²) in [6, 6.07) is 10.6. The van der Waals surface area contributed by atoms with Crippen LogP contribution in [0.5, 0.6) is 0 Å². The third-order valence-electron chi connectivity index (χ3n) is 6.81. The highest BCUT2D eigenvalue weighted by Gasteiger charge is 2.56. The fourth-order valence-electron chi connectivity index (χ4n) is 5.41. The molecule has 0 radical (unpaired) electrons. The Bertz CT molecular complexity index is 636. The first kappa shape index (κ1) is 18.9. The van der Waals surface area contributed by atoms with Gasteiger partial charge in [-0.1, -0.05) is 36.8 Å². The molecule has 0 aromatic heterocycles. The van der Waals surface area contributed by atoms with Gasteiger partial charge >= 0.3 is 5.97 Å². The van der Waals surface area contributed by atoms with E-state index < -0.39 is 0 Å². The van der Waals surface area contributed by atoms with E-state index >= 15 is 0 Å². The van der Waals surface area contributed by atoms with Crippen LogP contribution in [0.25, 0.3) is 0 Å². The van der Waals surface area contributed by atoms with Crippen LogP contribution in [0, 0.1) is 11.3 Å². The third-order valence-corrected chi connectivity index (χ3v) is 6.81. The van der Waals surface area contributed by atoms with Crippen LogP contribution in [-0.4, -0.2) is 44.5 Å². The molecular weight excluding hydrogens is 342 g/mol. The minimum atomic E-state index is -0.291. The Kier molecular flexibility index (Phi) is 5.81. The summed E-state index contributed by atoms with van der Waals surface area (Å²) in [5, 5.41) is 3.79. The molecule has 27 heavy (non-hydrogen) atoms. The highest BCUT2D eigenvalue weighted by Crippen LogP contribution is 2.55. The van der Waals surface area contributed by atoms with Crippen molar-refractivity contribution < 1.29 is 19.0 Å². The molecule has 1 saturated heterocycles. The van der Waals surface area contributed by atoms with Gasteiger partial charge in [0.05, 0.1) is 18.1 Å². The summed E-state index contributed by atoms with van der Waals surface area (Å²) in [6.45, 7) is 1.80. The van der Waals surface area contributed by atoms with Crippen molar-refractivity contribution in [3.8, 4) is 0 Å². The predicted molar refractivity (Wildman–Crippen MR) is 102 cm³/mol. The second-order valence-electron chi connectivity index (χ2n) is 8.35. The molecule has 0 bridgehead atoms. The summed E-state index contributed by atoms with van der Waals surface area (Å²) < 4.78 is 16.9. The zero-order valence-corrected chi connectivity index (χ0v) is 16.2. The molecule has 148 valence electrons. The molecule has 2 saturated carbocycles. The van der Waals surface area contributed by atoms with E-state index in [1.807, 2.05) is 30.3 Å². The monoisotopic (exact) mass is 373 g/mol. The topological polar surface area (TPSA) is 56.8 Å². The molecule has 3 aliphatic rings. The lowest BCUT2D eigenvalue weighted by Gasteiger charge is -2.34. The van der Waals surface area contributed by atoms with Gasteiger partial charge in [0.1, 0.15) is 6.61 Å². The lowest BCUT2D eigenvalue weighted by Crippen LogP contribution is -2.50. The quantitative estimate of drug-likeness (QED) is 0.777. The smallest absolute Gasteiger partial charge is 0.312 e. The van der Waals surface area contributed by atoms with Crippen LogP contribution >= 0.6 is 0 Å². The molecular formula is C22H31NO4. The molecule has 0 spiro atoms. The van der Waals surface area contributed by atoms with Crippen molar-refractivity contribution >= 4 is 5.97 Å². The van der Waals surface area contributed by atoms with Crippen LogP contribution in [0.15, 0.2) is 30.3 Å². The van der Waals surface area contributed by atoms with E-state index in [0.29, 0.717) is 31.2 Å². The molecule has 3 fully saturated rings. The standard InChI is InChI=1S/C22H31NO4/c1-25-20-15-26-11-9-19(20)23-18-12-17-8-5-10-22(17,13-18)21(24)27-14-16-6-3-2-4-7-16/h2-4,6-7,17-20,23H,5,8-15H2,1H3/t17-,18-,19+,20-,22-/m1/s1. The van der Waals surface area contributed by atoms with Crippen LogP contribution in [0.4, 0.5) is 0 Å². The van der Waals surface area contributed by atoms with Gasteiger partial charge in [0.15, 0.2) is 0 Å². The van der Waals surface area contributed by atoms with Gasteiger partial charge in [0.25, 0.3) is 0 Å². The van der Waals surface area contributed by atoms with Gasteiger partial charge in [-0.05, 0) is 43.6 Å². The van der Waals surface area contributed by atoms with Crippen molar-refractivity contribution in [1.29, 1.82) is 0 Å². The van der Waals surface area contributed by atoms with E-state index in [0.717, 1.165) is 50.7 Å². The molecule has 5 atom stereocenters. The Morgan fingerprint density at radius 2 is 2.15 bits per heavy atom. The lowest BCUT2D eigenvalue weighted by atomic mass is 9.80. The van der Waals surface area contributed by atoms with Crippen molar-refractivity contribution in [3.05, 3.63) is 35.9 Å². The Morgan fingerprint density at radius 1 is 1.30 bits per heavy atom. The van der Waals surface area contributed by atoms with Crippen LogP contribution in [0.1, 0.15) is 44.1 Å². The number of ether oxygens (including phenoxy) is 3. The second kappa shape index (κ2) is 8.29. The van der Waals surface area contributed by atoms with Gasteiger partial charge in [0.2, 0.25) is 0 Å². The highest BCUT2D eigenvalue weighted by molar-refractivity contribution is 5.78. The number of methoxy groups -OCH3 is 1. The lowest BCUT2D eigenvalue weighted by molar-refractivity contribution is -0.158. The molecule has 5 heteroatoms. The third kappa shape index (κ3) is 3.91. The molecule has 1 heterocycles. The summed E-state index contributed by atoms with van der Waals surface area (Å²) >= 11 is 0. The zero-order valence-electron chi connectivity index (χ0n) is 16.2. The number of carbonyl (C=O) groups is 1. The largest absolute Gasteiger partial charge is 0.460 e. The Balaban J connectivity index is 1.38. The number of benzene rings is 1. The SMILES string of the molecule is CO[C@@H]1COCC[C@@H]1N[C@@H]1C[C@H]2CCC[C@@]2(C(=O)OCc2ccccc2)C1. The van der Waals surface area contributed by atoms with Gasteiger partial charge in [-0.3, -0.25) is 4.79 Å². The highest BCUT2D eigenvalue weighted by atomic mass is 16.5. The number of hydrogen-bond acceptors (Lipinski definition) is 5. The minimum absolute atomic E-state index is 0.00780. The van der Waals surface area contributed by atoms with Gasteiger partial charge in [-0.2, -0.15) is 0 Å². The molecule has 5 nitrogen and oxygen atoms in total. The summed E-state index contributed by atoms with van der Waals surface area (Å²) in [4.78, 5) is 13.1. The first-order valence-electron chi connectivity index (χ1n) is 10.3. The van der Waals surface area contributed by atoms with Gasteiger partial charge in [-0.15, -0.1) is 0 Å². The fraction of sp³-hybridized carbons (Fsp3) is 0.682. The summed E-state index contributed by atoms with van der Waals surface area (Å²) in [5.41, 5.74) is 0.759. The molecule has 1 aromatic rings. The fourth-order valence-corrected chi connectivity index (χ4v) is 5.41. The van der Waals surface area contributed by atoms with Crippen molar-refractivity contribution in [1.82, 2.24) is 5.32 Å². The Labute approximate surface area is 161 Å². The first-order valence-corrected chi connectivity index (χ1v) is 10.3. The van der Waals surface area contributed by atoms with Crippen LogP contribution in [-0.2, 0) is 25.6 Å². The molecule has 0 amide bonds. The summed E-state index contributed by atoms with van der Waals surface area (Å²) in [7, 11) is 1.75. The Morgan fingerprint density at radius 3 is 2.96 bits per heavy atom. The van der Waals surface area contributed by atoms with Crippen LogP contribution in [0.3, 0.4) is 0 Å². The predicted octanol–water partition coefficient (Wildman–Crippen LogP) is 3.07. The average Bonchev–Trinajstić information content (AvgIpc) is 3.25. The normalized spacial score (nSPS) is 35.7. The second-order valence-corrected chi connectivity index (χ2v) is 8.35. The maximum atomic E-state index is 13.1. The van der Waals surface area contributed by atoms with E-state index in [1.54, 1.807) is 7.11 Å². The molecule has 1 N–H and O–H groups in total. The van der Waals surface area contributed by atoms with Crippen LogP contribution < -0.4 is 5.32 Å². The number of rotatable bonds is 6. The average molecular weight is 373 g/mol. The maximum Gasteiger partial charge on any atom is 0.312 e. The van der Waals surface area contributed by atoms with Crippen molar-refractivity contribution in [3.63, 3.8) is 0 Å². The van der Waals surface area contributed by atoms with E-state index in [1.165, 1.54) is 0 Å². The molecule has 2 aliphatic carbocycles. The van der Waals surface area contributed by atoms with E-state index in [-0.39, 0.29) is 17.5 Å². The van der Waals surface area contributed by atoms with E-state index in [4.69, 9.17) is 14.2 Å². The number of fused-ring (bicyclic) bond motifs is 1. The minimum Gasteiger partial charge on any atom is -0.460 e. The Hall–Kier alpha value is -1.43. The molecule has 1 aromatic carbocycles. The van der Waals surface area contributed by atoms with Crippen molar-refractivity contribution in [2.75, 3.05) is 20.3 Å². The van der Waals surface area contributed by atoms with Gasteiger partial charge in [0, 0.05) is 25.8 Å². The zero-order chi connectivity index (χ0) is 18.7. The number of carbonyl (C=O) groups excluding carboxylic acids is 1. The van der Waals surface area contributed by atoms with Gasteiger partial charge < -0.3 is 19.5 Å². The summed E-state index contributed by atoms with van der Waals surface area (Å²) in [6.07, 6.45) is 6.25. The van der Waals surface area contributed by atoms with Crippen LogP contribution in [0.2, 0.25) is 0 Å². The number of hydrogen-bond donors (Lipinski definition) is 1. The molecule has 0 unspecified atom stereocenters. The van der Waals surface area contributed by atoms with Crippen molar-refractivity contribution in [2.24, 2.45) is 11.3 Å². The van der Waals surface area contributed by atoms with Gasteiger partial charge in [-0.25, -0.2) is 0 Å². The molecule has 4 rings (SSSR count). The summed E-state index contributed by atoms with van der Waals surface area (Å²) in [5.74, 6) is 0.451. The van der Waals surface area contributed by atoms with Crippen molar-refractivity contribution in [2.45, 2.75) is 63.3 Å². The maximum absolute atomic E-state index is 13.1. The number of nitrogens with one attached hydrogen (secondary N) is 1. The van der Waals surface area contributed by atoms with E-state index in [2.05, 4.69) is 5.32 Å². The molecule has 1 aliphatic heterocycles. The van der Waals surface area contributed by atoms with E-state index in [9.17, 15) is 4.79 Å². The number of esters is 1.